The van der Waals surface area contributed by atoms with Crippen molar-refractivity contribution in [1.29, 1.82) is 0 Å². The van der Waals surface area contributed by atoms with E-state index in [1.807, 2.05) is 0 Å². The van der Waals surface area contributed by atoms with Crippen molar-refractivity contribution in [3.63, 3.8) is 0 Å². The van der Waals surface area contributed by atoms with E-state index < -0.39 is 0 Å². The van der Waals surface area contributed by atoms with E-state index >= 15 is 0 Å². The highest BCUT2D eigenvalue weighted by Crippen LogP contribution is 2.29. The fraction of sp³-hybridized carbons (Fsp3) is 0.923. The molecular weight excluding hydrogens is 216 g/mol. The third kappa shape index (κ3) is 5.04. The lowest BCUT2D eigenvalue weighted by Crippen LogP contribution is -2.45. The summed E-state index contributed by atoms with van der Waals surface area (Å²) >= 11 is 0. The van der Waals surface area contributed by atoms with Gasteiger partial charge < -0.3 is 15.4 Å². The van der Waals surface area contributed by atoms with E-state index in [4.69, 9.17) is 4.74 Å². The Morgan fingerprint density at radius 3 is 2.82 bits per heavy atom. The maximum absolute atomic E-state index is 11.5. The van der Waals surface area contributed by atoms with Crippen LogP contribution in [0.1, 0.15) is 33.1 Å². The molecule has 3 unspecified atom stereocenters. The minimum Gasteiger partial charge on any atom is -0.383 e. The molecule has 100 valence electrons. The van der Waals surface area contributed by atoms with E-state index in [9.17, 15) is 4.79 Å². The Morgan fingerprint density at radius 1 is 1.35 bits per heavy atom. The maximum Gasteiger partial charge on any atom is 0.234 e. The standard InChI is InChI=1S/C13H26N2O2/c1-10-5-4-6-12(11(10)2)15-9-13(16)14-7-8-17-3/h10-12,15H,4-9H2,1-3H3,(H,14,16). The highest BCUT2D eigenvalue weighted by Gasteiger charge is 2.26. The van der Waals surface area contributed by atoms with Crippen molar-refractivity contribution in [2.24, 2.45) is 11.8 Å². The molecule has 1 rings (SSSR count). The molecule has 0 spiro atoms. The zero-order valence-corrected chi connectivity index (χ0v) is 11.3. The minimum atomic E-state index is 0.0625. The number of carbonyl (C=O) groups excluding carboxylic acids is 1. The van der Waals surface area contributed by atoms with Crippen LogP contribution in [-0.2, 0) is 9.53 Å². The van der Waals surface area contributed by atoms with Crippen molar-refractivity contribution in [3.8, 4) is 0 Å². The number of hydrogen-bond donors (Lipinski definition) is 2. The number of carbonyl (C=O) groups is 1. The summed E-state index contributed by atoms with van der Waals surface area (Å²) in [6, 6.07) is 0.493. The van der Waals surface area contributed by atoms with Crippen LogP contribution in [0.2, 0.25) is 0 Å². The van der Waals surface area contributed by atoms with Crippen LogP contribution in [0.4, 0.5) is 0 Å². The predicted molar refractivity (Wildman–Crippen MR) is 68.9 cm³/mol. The Morgan fingerprint density at radius 2 is 2.12 bits per heavy atom. The summed E-state index contributed by atoms with van der Waals surface area (Å²) in [5, 5.41) is 6.20. The van der Waals surface area contributed by atoms with Crippen LogP contribution >= 0.6 is 0 Å². The molecule has 2 N–H and O–H groups in total. The van der Waals surface area contributed by atoms with E-state index in [0.717, 1.165) is 5.92 Å². The fourth-order valence-electron chi connectivity index (χ4n) is 2.45. The highest BCUT2D eigenvalue weighted by atomic mass is 16.5. The van der Waals surface area contributed by atoms with E-state index in [2.05, 4.69) is 24.5 Å². The summed E-state index contributed by atoms with van der Waals surface area (Å²) in [5.41, 5.74) is 0. The van der Waals surface area contributed by atoms with Crippen LogP contribution in [0, 0.1) is 11.8 Å². The summed E-state index contributed by atoms with van der Waals surface area (Å²) in [7, 11) is 1.63. The molecule has 17 heavy (non-hydrogen) atoms. The van der Waals surface area contributed by atoms with Crippen LogP contribution in [0.3, 0.4) is 0 Å². The van der Waals surface area contributed by atoms with Crippen LogP contribution in [0.5, 0.6) is 0 Å². The molecule has 0 radical (unpaired) electrons. The Balaban J connectivity index is 2.18. The van der Waals surface area contributed by atoms with Crippen molar-refractivity contribution >= 4 is 5.91 Å². The largest absolute Gasteiger partial charge is 0.383 e. The molecule has 4 nitrogen and oxygen atoms in total. The van der Waals surface area contributed by atoms with Crippen LogP contribution in [0.15, 0.2) is 0 Å². The third-order valence-electron chi connectivity index (χ3n) is 3.86. The first kappa shape index (κ1) is 14.5. The number of ether oxygens (including phenoxy) is 1. The summed E-state index contributed by atoms with van der Waals surface area (Å²) in [5.74, 6) is 1.49. The smallest absolute Gasteiger partial charge is 0.234 e. The number of hydrogen-bond acceptors (Lipinski definition) is 3. The number of nitrogens with one attached hydrogen (secondary N) is 2. The normalized spacial score (nSPS) is 29.0. The molecule has 4 heteroatoms. The SMILES string of the molecule is COCCNC(=O)CNC1CCCC(C)C1C. The van der Waals surface area contributed by atoms with Crippen molar-refractivity contribution in [3.05, 3.63) is 0 Å². The lowest BCUT2D eigenvalue weighted by molar-refractivity contribution is -0.120. The summed E-state index contributed by atoms with van der Waals surface area (Å²) in [6.45, 7) is 6.17. The second kappa shape index (κ2) is 7.67. The minimum absolute atomic E-state index is 0.0625. The Bertz CT molecular complexity index is 233. The van der Waals surface area contributed by atoms with Gasteiger partial charge in [0.15, 0.2) is 0 Å². The van der Waals surface area contributed by atoms with Gasteiger partial charge in [-0.05, 0) is 18.3 Å². The molecule has 1 aliphatic rings. The van der Waals surface area contributed by atoms with Gasteiger partial charge in [0.05, 0.1) is 13.2 Å². The topological polar surface area (TPSA) is 50.4 Å². The average molecular weight is 242 g/mol. The van der Waals surface area contributed by atoms with Crippen molar-refractivity contribution in [2.45, 2.75) is 39.2 Å². The van der Waals surface area contributed by atoms with Gasteiger partial charge in [-0.15, -0.1) is 0 Å². The Kier molecular flexibility index (Phi) is 6.52. The van der Waals surface area contributed by atoms with Gasteiger partial charge in [0.25, 0.3) is 0 Å². The molecule has 0 aliphatic heterocycles. The van der Waals surface area contributed by atoms with Crippen LogP contribution in [-0.4, -0.2) is 38.8 Å². The quantitative estimate of drug-likeness (QED) is 0.687. The number of amides is 1. The first-order valence-electron chi connectivity index (χ1n) is 6.64. The Hall–Kier alpha value is -0.610. The molecule has 0 bridgehead atoms. The molecule has 3 atom stereocenters. The monoisotopic (exact) mass is 242 g/mol. The first-order valence-corrected chi connectivity index (χ1v) is 6.64. The maximum atomic E-state index is 11.5. The lowest BCUT2D eigenvalue weighted by atomic mass is 9.78. The number of methoxy groups -OCH3 is 1. The van der Waals surface area contributed by atoms with Gasteiger partial charge in [-0.1, -0.05) is 26.7 Å². The fourth-order valence-corrected chi connectivity index (χ4v) is 2.45. The summed E-state index contributed by atoms with van der Waals surface area (Å²) in [6.07, 6.45) is 3.78. The van der Waals surface area contributed by atoms with Gasteiger partial charge in [0, 0.05) is 19.7 Å². The molecule has 0 aromatic heterocycles. The molecule has 0 aromatic rings. The molecule has 1 fully saturated rings. The first-order chi connectivity index (χ1) is 8.15. The van der Waals surface area contributed by atoms with E-state index in [1.165, 1.54) is 19.3 Å². The molecular formula is C13H26N2O2. The molecule has 0 heterocycles. The van der Waals surface area contributed by atoms with Crippen molar-refractivity contribution < 1.29 is 9.53 Å². The van der Waals surface area contributed by atoms with Gasteiger partial charge in [-0.3, -0.25) is 4.79 Å². The zero-order valence-electron chi connectivity index (χ0n) is 11.3. The third-order valence-corrected chi connectivity index (χ3v) is 3.86. The molecule has 1 saturated carbocycles. The van der Waals surface area contributed by atoms with Gasteiger partial charge in [0.2, 0.25) is 5.91 Å². The molecule has 1 aliphatic carbocycles. The predicted octanol–water partition coefficient (Wildman–Crippen LogP) is 1.16. The van der Waals surface area contributed by atoms with Gasteiger partial charge in [-0.25, -0.2) is 0 Å². The van der Waals surface area contributed by atoms with E-state index in [-0.39, 0.29) is 5.91 Å². The van der Waals surface area contributed by atoms with Crippen molar-refractivity contribution in [2.75, 3.05) is 26.8 Å². The second-order valence-electron chi connectivity index (χ2n) is 5.10. The average Bonchev–Trinajstić information content (AvgIpc) is 2.31. The summed E-state index contributed by atoms with van der Waals surface area (Å²) < 4.78 is 4.88. The van der Waals surface area contributed by atoms with Crippen molar-refractivity contribution in [1.82, 2.24) is 10.6 Å². The molecule has 0 aromatic carbocycles. The van der Waals surface area contributed by atoms with E-state index in [1.54, 1.807) is 7.11 Å². The van der Waals surface area contributed by atoms with E-state index in [0.29, 0.717) is 31.7 Å². The second-order valence-corrected chi connectivity index (χ2v) is 5.10. The molecule has 0 saturated heterocycles. The highest BCUT2D eigenvalue weighted by molar-refractivity contribution is 5.77. The molecule has 1 amide bonds. The van der Waals surface area contributed by atoms with Crippen LogP contribution in [0.25, 0.3) is 0 Å². The van der Waals surface area contributed by atoms with Gasteiger partial charge in [-0.2, -0.15) is 0 Å². The Labute approximate surface area is 104 Å². The van der Waals surface area contributed by atoms with Gasteiger partial charge in [0.1, 0.15) is 0 Å². The lowest BCUT2D eigenvalue weighted by Gasteiger charge is -2.34. The summed E-state index contributed by atoms with van der Waals surface area (Å²) in [4.78, 5) is 11.5. The zero-order chi connectivity index (χ0) is 12.7. The number of rotatable bonds is 6. The van der Waals surface area contributed by atoms with Gasteiger partial charge >= 0.3 is 0 Å². The van der Waals surface area contributed by atoms with Crippen LogP contribution < -0.4 is 10.6 Å².